The van der Waals surface area contributed by atoms with Gasteiger partial charge < -0.3 is 4.57 Å². The van der Waals surface area contributed by atoms with Crippen molar-refractivity contribution >= 4 is 43.2 Å². The molecule has 0 aromatic carbocycles. The largest absolute Gasteiger partial charge is 0.334 e. The van der Waals surface area contributed by atoms with Crippen molar-refractivity contribution in [2.75, 3.05) is 0 Å². The summed E-state index contributed by atoms with van der Waals surface area (Å²) in [6.45, 7) is 2.95. The fourth-order valence-corrected chi connectivity index (χ4v) is 4.60. The molecule has 0 radical (unpaired) electrons. The Bertz CT molecular complexity index is 508. The third kappa shape index (κ3) is 2.63. The first-order valence-electron chi connectivity index (χ1n) is 5.09. The van der Waals surface area contributed by atoms with Crippen LogP contribution in [-0.2, 0) is 6.54 Å². The molecule has 2 heterocycles. The summed E-state index contributed by atoms with van der Waals surface area (Å²) in [5, 5.41) is 0. The predicted octanol–water partition coefficient (Wildman–Crippen LogP) is 3.04. The van der Waals surface area contributed by atoms with E-state index in [1.807, 2.05) is 12.3 Å². The Morgan fingerprint density at radius 3 is 2.88 bits per heavy atom. The number of aromatic nitrogens is 2. The molecule has 0 aliphatic heterocycles. The highest BCUT2D eigenvalue weighted by atomic mass is 79.9. The number of hydrogen-bond acceptors (Lipinski definition) is 4. The number of rotatable bonds is 4. The smallest absolute Gasteiger partial charge is 0.131 e. The van der Waals surface area contributed by atoms with Gasteiger partial charge in [0, 0.05) is 24.5 Å². The molecule has 1 unspecified atom stereocenters. The minimum atomic E-state index is -0.109. The maximum Gasteiger partial charge on any atom is 0.131 e. The second-order valence-electron chi connectivity index (χ2n) is 3.45. The van der Waals surface area contributed by atoms with Crippen molar-refractivity contribution < 1.29 is 0 Å². The monoisotopic (exact) mass is 378 g/mol. The highest BCUT2D eigenvalue weighted by molar-refractivity contribution is 9.12. The van der Waals surface area contributed by atoms with Gasteiger partial charge in [0.1, 0.15) is 11.9 Å². The van der Waals surface area contributed by atoms with E-state index >= 15 is 0 Å². The molecule has 2 rings (SSSR count). The van der Waals surface area contributed by atoms with Crippen LogP contribution in [0, 0.1) is 0 Å². The summed E-state index contributed by atoms with van der Waals surface area (Å²) in [6, 6.07) is 1.94. The second kappa shape index (κ2) is 5.62. The molecule has 0 bridgehead atoms. The van der Waals surface area contributed by atoms with Crippen LogP contribution < -0.4 is 11.3 Å². The van der Waals surface area contributed by atoms with Gasteiger partial charge in [0.25, 0.3) is 0 Å². The Kier molecular flexibility index (Phi) is 4.37. The molecule has 0 spiro atoms. The standard InChI is InChI=1S/C10H12Br2N4S/c1-2-16-4-3-14-10(16)8(15-13)6-5-7(11)17-9(6)12/h3-5,8,15H,2,13H2,1H3. The Balaban J connectivity index is 2.43. The van der Waals surface area contributed by atoms with E-state index < -0.39 is 0 Å². The maximum atomic E-state index is 5.66. The summed E-state index contributed by atoms with van der Waals surface area (Å²) < 4.78 is 4.19. The summed E-state index contributed by atoms with van der Waals surface area (Å²) in [6.07, 6.45) is 3.74. The first-order chi connectivity index (χ1) is 8.17. The van der Waals surface area contributed by atoms with Crippen LogP contribution in [0.5, 0.6) is 0 Å². The van der Waals surface area contributed by atoms with Crippen LogP contribution in [0.2, 0.25) is 0 Å². The van der Waals surface area contributed by atoms with E-state index in [9.17, 15) is 0 Å². The zero-order valence-electron chi connectivity index (χ0n) is 9.15. The number of halogens is 2. The first-order valence-corrected chi connectivity index (χ1v) is 7.49. The minimum Gasteiger partial charge on any atom is -0.334 e. The van der Waals surface area contributed by atoms with Gasteiger partial charge in [-0.2, -0.15) is 0 Å². The number of aryl methyl sites for hydroxylation is 1. The van der Waals surface area contributed by atoms with Crippen molar-refractivity contribution in [2.24, 2.45) is 5.84 Å². The lowest BCUT2D eigenvalue weighted by Gasteiger charge is -2.16. The van der Waals surface area contributed by atoms with Gasteiger partial charge in [-0.3, -0.25) is 5.84 Å². The molecular weight excluding hydrogens is 368 g/mol. The summed E-state index contributed by atoms with van der Waals surface area (Å²) >= 11 is 8.64. The van der Waals surface area contributed by atoms with Gasteiger partial charge in [0.2, 0.25) is 0 Å². The molecule has 1 atom stereocenters. The van der Waals surface area contributed by atoms with Gasteiger partial charge in [-0.15, -0.1) is 11.3 Å². The lowest BCUT2D eigenvalue weighted by atomic mass is 10.1. The van der Waals surface area contributed by atoms with Gasteiger partial charge in [0.15, 0.2) is 0 Å². The lowest BCUT2D eigenvalue weighted by molar-refractivity contribution is 0.561. The number of nitrogens with one attached hydrogen (secondary N) is 1. The summed E-state index contributed by atoms with van der Waals surface area (Å²) in [4.78, 5) is 4.37. The Labute approximate surface area is 120 Å². The van der Waals surface area contributed by atoms with E-state index in [0.717, 1.165) is 25.5 Å². The molecular formula is C10H12Br2N4S. The highest BCUT2D eigenvalue weighted by Gasteiger charge is 2.21. The number of thiophene rings is 1. The molecule has 0 amide bonds. The number of nitrogens with two attached hydrogens (primary N) is 1. The summed E-state index contributed by atoms with van der Waals surface area (Å²) in [7, 11) is 0. The van der Waals surface area contributed by atoms with E-state index in [1.165, 1.54) is 0 Å². The number of hydrazine groups is 1. The molecule has 0 aliphatic rings. The molecule has 0 saturated heterocycles. The van der Waals surface area contributed by atoms with Crippen LogP contribution in [0.3, 0.4) is 0 Å². The Morgan fingerprint density at radius 2 is 2.35 bits per heavy atom. The molecule has 3 N–H and O–H groups in total. The van der Waals surface area contributed by atoms with Crippen molar-refractivity contribution in [3.8, 4) is 0 Å². The van der Waals surface area contributed by atoms with Crippen molar-refractivity contribution in [1.29, 1.82) is 0 Å². The molecule has 0 aliphatic carbocycles. The highest BCUT2D eigenvalue weighted by Crippen LogP contribution is 2.37. The number of nitrogens with zero attached hydrogens (tertiary/aromatic N) is 2. The molecule has 2 aromatic rings. The van der Waals surface area contributed by atoms with Gasteiger partial charge in [-0.1, -0.05) is 0 Å². The maximum absolute atomic E-state index is 5.66. The second-order valence-corrected chi connectivity index (χ2v) is 7.20. The van der Waals surface area contributed by atoms with Crippen LogP contribution >= 0.6 is 43.2 Å². The van der Waals surface area contributed by atoms with Gasteiger partial charge in [-0.05, 0) is 44.8 Å². The topological polar surface area (TPSA) is 55.9 Å². The van der Waals surface area contributed by atoms with Crippen LogP contribution in [0.25, 0.3) is 0 Å². The van der Waals surface area contributed by atoms with Gasteiger partial charge >= 0.3 is 0 Å². The quantitative estimate of drug-likeness (QED) is 0.634. The van der Waals surface area contributed by atoms with E-state index in [1.54, 1.807) is 17.5 Å². The normalized spacial score (nSPS) is 12.9. The predicted molar refractivity (Wildman–Crippen MR) is 76.8 cm³/mol. The third-order valence-electron chi connectivity index (χ3n) is 2.51. The molecule has 7 heteroatoms. The fraction of sp³-hybridized carbons (Fsp3) is 0.300. The molecule has 4 nitrogen and oxygen atoms in total. The zero-order valence-corrected chi connectivity index (χ0v) is 13.1. The summed E-state index contributed by atoms with van der Waals surface area (Å²) in [5.41, 5.74) is 3.91. The van der Waals surface area contributed by atoms with Crippen LogP contribution in [0.1, 0.15) is 24.4 Å². The number of imidazole rings is 1. The van der Waals surface area contributed by atoms with Gasteiger partial charge in [0.05, 0.1) is 7.57 Å². The average Bonchev–Trinajstić information content (AvgIpc) is 2.88. The van der Waals surface area contributed by atoms with E-state index in [2.05, 4.69) is 53.8 Å². The van der Waals surface area contributed by atoms with Crippen molar-refractivity contribution in [3.63, 3.8) is 0 Å². The molecule has 2 aromatic heterocycles. The fourth-order valence-electron chi connectivity index (χ4n) is 1.70. The lowest BCUT2D eigenvalue weighted by Crippen LogP contribution is -2.31. The van der Waals surface area contributed by atoms with Crippen molar-refractivity contribution in [1.82, 2.24) is 15.0 Å². The minimum absolute atomic E-state index is 0.109. The van der Waals surface area contributed by atoms with E-state index in [0.29, 0.717) is 0 Å². The molecule has 0 fully saturated rings. The molecule has 17 heavy (non-hydrogen) atoms. The summed E-state index contributed by atoms with van der Waals surface area (Å²) in [5.74, 6) is 6.58. The number of hydrogen-bond donors (Lipinski definition) is 2. The Morgan fingerprint density at radius 1 is 1.59 bits per heavy atom. The van der Waals surface area contributed by atoms with Crippen molar-refractivity contribution in [2.45, 2.75) is 19.5 Å². The SMILES string of the molecule is CCn1ccnc1C(NN)c1cc(Br)sc1Br. The third-order valence-corrected chi connectivity index (χ3v) is 4.89. The zero-order chi connectivity index (χ0) is 12.4. The Hall–Kier alpha value is -0.210. The van der Waals surface area contributed by atoms with E-state index in [-0.39, 0.29) is 6.04 Å². The van der Waals surface area contributed by atoms with Crippen molar-refractivity contribution in [3.05, 3.63) is 37.4 Å². The molecule has 0 saturated carbocycles. The first kappa shape index (κ1) is 13.2. The molecule has 92 valence electrons. The van der Waals surface area contributed by atoms with Gasteiger partial charge in [-0.25, -0.2) is 10.4 Å². The average molecular weight is 380 g/mol. The van der Waals surface area contributed by atoms with Crippen LogP contribution in [0.15, 0.2) is 26.0 Å². The van der Waals surface area contributed by atoms with Crippen LogP contribution in [-0.4, -0.2) is 9.55 Å². The van der Waals surface area contributed by atoms with E-state index in [4.69, 9.17) is 5.84 Å². The van der Waals surface area contributed by atoms with Crippen LogP contribution in [0.4, 0.5) is 0 Å².